The Balaban J connectivity index is 1.66. The molecule has 1 N–H and O–H groups in total. The Bertz CT molecular complexity index is 1830. The lowest BCUT2D eigenvalue weighted by Crippen LogP contribution is -2.36. The van der Waals surface area contributed by atoms with Crippen LogP contribution in [0.5, 0.6) is 11.5 Å². The number of para-hydroxylation sites is 1. The third-order valence-electron chi connectivity index (χ3n) is 8.82. The number of nitrogens with zero attached hydrogens (tertiary/aromatic N) is 4. The summed E-state index contributed by atoms with van der Waals surface area (Å²) >= 11 is 0. The summed E-state index contributed by atoms with van der Waals surface area (Å²) in [6.07, 6.45) is 0.328. The number of carboxylic acids is 1. The maximum absolute atomic E-state index is 13.9. The zero-order chi connectivity index (χ0) is 32.0. The number of carbonyl (C=O) groups is 1. The number of benzene rings is 3. The van der Waals surface area contributed by atoms with Crippen LogP contribution in [0.4, 0.5) is 0 Å². The summed E-state index contributed by atoms with van der Waals surface area (Å²) in [4.78, 5) is 12.9. The number of rotatable bonds is 9. The SMILES string of the molecule is CC[C@@H]1CN(Cc2cc([C@@H](c3cc(OC)c4c(nnn4CC)c3C)C(C)(C)C(=O)O)ccc2C)S(=O)(=O)c2ccccc2O1. The fraction of sp³-hybridized carbons (Fsp3) is 0.424. The molecule has 44 heavy (non-hydrogen) atoms. The molecule has 0 aliphatic carbocycles. The molecule has 4 aromatic rings. The summed E-state index contributed by atoms with van der Waals surface area (Å²) in [5.41, 5.74) is 4.18. The summed E-state index contributed by atoms with van der Waals surface area (Å²) in [5, 5.41) is 19.2. The molecule has 0 bridgehead atoms. The molecule has 0 unspecified atom stereocenters. The van der Waals surface area contributed by atoms with Gasteiger partial charge < -0.3 is 14.6 Å². The van der Waals surface area contributed by atoms with E-state index in [0.717, 1.165) is 33.3 Å². The highest BCUT2D eigenvalue weighted by Gasteiger charge is 2.41. The third kappa shape index (κ3) is 5.32. The van der Waals surface area contributed by atoms with E-state index in [1.165, 1.54) is 4.31 Å². The van der Waals surface area contributed by atoms with Crippen molar-refractivity contribution in [3.05, 3.63) is 76.3 Å². The molecule has 234 valence electrons. The molecular formula is C33H40N4O6S. The van der Waals surface area contributed by atoms with Gasteiger partial charge in [0.1, 0.15) is 33.5 Å². The van der Waals surface area contributed by atoms with Crippen LogP contribution in [0.15, 0.2) is 53.4 Å². The maximum Gasteiger partial charge on any atom is 0.310 e. The first-order chi connectivity index (χ1) is 20.8. The molecule has 3 aromatic carbocycles. The van der Waals surface area contributed by atoms with Crippen LogP contribution in [0.1, 0.15) is 67.9 Å². The van der Waals surface area contributed by atoms with Crippen LogP contribution >= 0.6 is 0 Å². The average Bonchev–Trinajstić information content (AvgIpc) is 3.39. The van der Waals surface area contributed by atoms with E-state index in [1.807, 2.05) is 52.0 Å². The smallest absolute Gasteiger partial charge is 0.310 e. The quantitative estimate of drug-likeness (QED) is 0.254. The largest absolute Gasteiger partial charge is 0.494 e. The standard InChI is InChI=1S/C33H40N4O6S/c1-8-24-19-36(44(40,41)28-13-11-10-12-26(28)43-24)18-23-16-22(15-14-20(23)3)29(33(5,6)32(38)39)25-17-27(42-7)31-30(21(25)4)34-35-37(31)9-2/h10-17,24,29H,8-9,18-19H2,1-7H3,(H,38,39)/t24-,29+/m1/s1. The number of carboxylic acid groups (broad SMARTS) is 1. The van der Waals surface area contributed by atoms with Crippen LogP contribution in [-0.4, -0.2) is 58.6 Å². The molecule has 1 aromatic heterocycles. The first kappa shape index (κ1) is 31.5. The summed E-state index contributed by atoms with van der Waals surface area (Å²) < 4.78 is 42.9. The van der Waals surface area contributed by atoms with Crippen molar-refractivity contribution in [2.75, 3.05) is 13.7 Å². The molecule has 0 saturated carbocycles. The number of sulfonamides is 1. The maximum atomic E-state index is 13.9. The van der Waals surface area contributed by atoms with Gasteiger partial charge in [-0.05, 0) is 87.1 Å². The predicted molar refractivity (Wildman–Crippen MR) is 168 cm³/mol. The molecule has 1 aliphatic rings. The summed E-state index contributed by atoms with van der Waals surface area (Å²) in [6.45, 7) is 12.1. The Kier molecular flexibility index (Phi) is 8.48. The number of hydrogen-bond donors (Lipinski definition) is 1. The van der Waals surface area contributed by atoms with Gasteiger partial charge in [-0.25, -0.2) is 13.1 Å². The Morgan fingerprint density at radius 3 is 2.55 bits per heavy atom. The van der Waals surface area contributed by atoms with E-state index < -0.39 is 27.3 Å². The average molecular weight is 621 g/mol. The fourth-order valence-corrected chi connectivity index (χ4v) is 7.66. The number of aliphatic carboxylic acids is 1. The zero-order valence-corrected chi connectivity index (χ0v) is 27.1. The number of ether oxygens (including phenoxy) is 2. The number of aryl methyl sites for hydroxylation is 3. The van der Waals surface area contributed by atoms with Gasteiger partial charge in [0, 0.05) is 19.0 Å². The molecule has 0 radical (unpaired) electrons. The van der Waals surface area contributed by atoms with Crippen LogP contribution in [0, 0.1) is 19.3 Å². The van der Waals surface area contributed by atoms with Gasteiger partial charge in [-0.3, -0.25) is 4.79 Å². The molecule has 0 amide bonds. The molecule has 11 heteroatoms. The molecule has 1 aliphatic heterocycles. The highest BCUT2D eigenvalue weighted by molar-refractivity contribution is 7.89. The van der Waals surface area contributed by atoms with Gasteiger partial charge in [-0.15, -0.1) is 5.10 Å². The van der Waals surface area contributed by atoms with Crippen molar-refractivity contribution in [2.24, 2.45) is 5.41 Å². The van der Waals surface area contributed by atoms with Crippen LogP contribution in [-0.2, 0) is 27.9 Å². The van der Waals surface area contributed by atoms with Gasteiger partial charge >= 0.3 is 5.97 Å². The third-order valence-corrected chi connectivity index (χ3v) is 10.7. The Hall–Kier alpha value is -3.96. The van der Waals surface area contributed by atoms with E-state index in [-0.39, 0.29) is 24.1 Å². The second-order valence-electron chi connectivity index (χ2n) is 11.9. The normalized spacial score (nSPS) is 17.5. The van der Waals surface area contributed by atoms with Crippen molar-refractivity contribution < 1.29 is 27.8 Å². The zero-order valence-electron chi connectivity index (χ0n) is 26.3. The number of fused-ring (bicyclic) bond motifs is 2. The Morgan fingerprint density at radius 2 is 1.89 bits per heavy atom. The van der Waals surface area contributed by atoms with E-state index in [2.05, 4.69) is 10.3 Å². The van der Waals surface area contributed by atoms with Crippen molar-refractivity contribution in [2.45, 2.75) is 78.0 Å². The van der Waals surface area contributed by atoms with E-state index >= 15 is 0 Å². The van der Waals surface area contributed by atoms with Gasteiger partial charge in [0.05, 0.1) is 19.1 Å². The van der Waals surface area contributed by atoms with Gasteiger partial charge in [-0.2, -0.15) is 4.31 Å². The van der Waals surface area contributed by atoms with Crippen molar-refractivity contribution >= 4 is 27.0 Å². The molecule has 10 nitrogen and oxygen atoms in total. The van der Waals surface area contributed by atoms with Crippen LogP contribution in [0.25, 0.3) is 11.0 Å². The van der Waals surface area contributed by atoms with Crippen molar-refractivity contribution in [1.29, 1.82) is 0 Å². The first-order valence-electron chi connectivity index (χ1n) is 14.8. The Morgan fingerprint density at radius 1 is 1.16 bits per heavy atom. The topological polar surface area (TPSA) is 124 Å². The van der Waals surface area contributed by atoms with E-state index in [4.69, 9.17) is 9.47 Å². The molecule has 0 spiro atoms. The van der Waals surface area contributed by atoms with Gasteiger partial charge in [0.25, 0.3) is 0 Å². The number of aromatic nitrogens is 3. The van der Waals surface area contributed by atoms with Crippen molar-refractivity contribution in [1.82, 2.24) is 19.3 Å². The van der Waals surface area contributed by atoms with Crippen LogP contribution < -0.4 is 9.47 Å². The first-order valence-corrected chi connectivity index (χ1v) is 16.3. The summed E-state index contributed by atoms with van der Waals surface area (Å²) in [6, 6.07) is 14.4. The van der Waals surface area contributed by atoms with Crippen molar-refractivity contribution in [3.63, 3.8) is 0 Å². The van der Waals surface area contributed by atoms with E-state index in [9.17, 15) is 18.3 Å². The van der Waals surface area contributed by atoms with Crippen molar-refractivity contribution in [3.8, 4) is 11.5 Å². The van der Waals surface area contributed by atoms with Gasteiger partial charge in [-0.1, -0.05) is 42.5 Å². The molecule has 2 atom stereocenters. The highest BCUT2D eigenvalue weighted by Crippen LogP contribution is 2.46. The lowest BCUT2D eigenvalue weighted by atomic mass is 9.69. The lowest BCUT2D eigenvalue weighted by molar-refractivity contribution is -0.147. The minimum atomic E-state index is -3.86. The fourth-order valence-electron chi connectivity index (χ4n) is 6.08. The molecule has 2 heterocycles. The predicted octanol–water partition coefficient (Wildman–Crippen LogP) is 5.68. The van der Waals surface area contributed by atoms with E-state index in [0.29, 0.717) is 30.0 Å². The molecular weight excluding hydrogens is 580 g/mol. The van der Waals surface area contributed by atoms with Gasteiger partial charge in [0.15, 0.2) is 0 Å². The highest BCUT2D eigenvalue weighted by atomic mass is 32.2. The molecule has 5 rings (SSSR count). The summed E-state index contributed by atoms with van der Waals surface area (Å²) in [5.74, 6) is -0.658. The number of methoxy groups -OCH3 is 1. The number of hydrogen-bond acceptors (Lipinski definition) is 7. The molecule has 0 fully saturated rings. The van der Waals surface area contributed by atoms with Crippen LogP contribution in [0.2, 0.25) is 0 Å². The van der Waals surface area contributed by atoms with E-state index in [1.54, 1.807) is 49.9 Å². The second kappa shape index (κ2) is 11.9. The minimum absolute atomic E-state index is 0.114. The van der Waals surface area contributed by atoms with Gasteiger partial charge in [0.2, 0.25) is 10.0 Å². The monoisotopic (exact) mass is 620 g/mol. The lowest BCUT2D eigenvalue weighted by Gasteiger charge is -2.33. The molecule has 0 saturated heterocycles. The summed E-state index contributed by atoms with van der Waals surface area (Å²) in [7, 11) is -2.29. The Labute approximate surface area is 258 Å². The second-order valence-corrected chi connectivity index (χ2v) is 13.8. The van der Waals surface area contributed by atoms with Crippen LogP contribution in [0.3, 0.4) is 0 Å². The minimum Gasteiger partial charge on any atom is -0.494 e.